The van der Waals surface area contributed by atoms with E-state index >= 15 is 0 Å². The summed E-state index contributed by atoms with van der Waals surface area (Å²) in [4.78, 5) is 3.99. The summed E-state index contributed by atoms with van der Waals surface area (Å²) >= 11 is 8.11. The Hall–Kier alpha value is -1.13. The topological polar surface area (TPSA) is 23.5 Å². The van der Waals surface area contributed by atoms with Gasteiger partial charge in [-0.2, -0.15) is 0 Å². The Bertz CT molecular complexity index is 724. The molecule has 0 saturated carbocycles. The predicted molar refractivity (Wildman–Crippen MR) is 104 cm³/mol. The van der Waals surface area contributed by atoms with E-state index in [0.717, 1.165) is 18.0 Å². The zero-order valence-electron chi connectivity index (χ0n) is 14.2. The van der Waals surface area contributed by atoms with Crippen LogP contribution in [0.1, 0.15) is 54.8 Å². The van der Waals surface area contributed by atoms with Gasteiger partial charge in [0.05, 0.1) is 6.04 Å². The first-order chi connectivity index (χ1) is 11.7. The number of hydrogen-bond donors (Lipinski definition) is 1. The lowest BCUT2D eigenvalue weighted by Gasteiger charge is -2.42. The monoisotopic (exact) mass is 361 g/mol. The molecule has 0 radical (unpaired) electrons. The molecule has 128 valence electrons. The van der Waals surface area contributed by atoms with E-state index in [2.05, 4.69) is 48.4 Å². The summed E-state index contributed by atoms with van der Waals surface area (Å²) in [6, 6.07) is 11.0. The van der Waals surface area contributed by atoms with Crippen molar-refractivity contribution in [1.82, 2.24) is 4.90 Å². The molecule has 0 saturated heterocycles. The highest BCUT2D eigenvalue weighted by atomic mass is 35.5. The number of aliphatic hydroxyl groups is 1. The van der Waals surface area contributed by atoms with Crippen LogP contribution >= 0.6 is 22.9 Å². The molecule has 1 N–H and O–H groups in total. The van der Waals surface area contributed by atoms with E-state index in [-0.39, 0.29) is 12.6 Å². The highest BCUT2D eigenvalue weighted by Crippen LogP contribution is 2.49. The van der Waals surface area contributed by atoms with Gasteiger partial charge >= 0.3 is 0 Å². The Balaban J connectivity index is 2.15. The van der Waals surface area contributed by atoms with Gasteiger partial charge in [-0.25, -0.2) is 0 Å². The van der Waals surface area contributed by atoms with Gasteiger partial charge in [0.25, 0.3) is 0 Å². The Morgan fingerprint density at radius 3 is 2.88 bits per heavy atom. The molecule has 2 aromatic rings. The number of thiophene rings is 1. The Labute approximate surface area is 153 Å². The van der Waals surface area contributed by atoms with Gasteiger partial charge in [-0.1, -0.05) is 36.7 Å². The van der Waals surface area contributed by atoms with Gasteiger partial charge in [0.15, 0.2) is 0 Å². The van der Waals surface area contributed by atoms with Crippen molar-refractivity contribution < 1.29 is 5.11 Å². The molecular formula is C20H24ClNOS. The van der Waals surface area contributed by atoms with Crippen molar-refractivity contribution >= 4 is 28.5 Å². The molecule has 0 amide bonds. The van der Waals surface area contributed by atoms with Crippen molar-refractivity contribution in [3.8, 4) is 0 Å². The third-order valence-corrected chi connectivity index (χ3v) is 5.97. The number of halogens is 1. The molecule has 3 rings (SSSR count). The van der Waals surface area contributed by atoms with Crippen LogP contribution in [0.2, 0.25) is 5.02 Å². The van der Waals surface area contributed by atoms with Crippen LogP contribution in [-0.2, 0) is 0 Å². The first-order valence-electron chi connectivity index (χ1n) is 8.57. The summed E-state index contributed by atoms with van der Waals surface area (Å²) in [5, 5.41) is 12.3. The van der Waals surface area contributed by atoms with Crippen LogP contribution < -0.4 is 0 Å². The average Bonchev–Trinajstić information content (AvgIpc) is 3.06. The minimum absolute atomic E-state index is 0.175. The van der Waals surface area contributed by atoms with Gasteiger partial charge in [0, 0.05) is 22.5 Å². The van der Waals surface area contributed by atoms with E-state index in [1.54, 1.807) is 0 Å². The van der Waals surface area contributed by atoms with Crippen molar-refractivity contribution in [2.24, 2.45) is 0 Å². The number of hydrogen-bond acceptors (Lipinski definition) is 3. The van der Waals surface area contributed by atoms with Crippen molar-refractivity contribution in [3.05, 3.63) is 62.8 Å². The maximum Gasteiger partial charge on any atom is 0.0610 e. The lowest BCUT2D eigenvalue weighted by atomic mass is 9.85. The second-order valence-corrected chi connectivity index (χ2v) is 7.63. The summed E-state index contributed by atoms with van der Waals surface area (Å²) in [5.74, 6) is 0. The van der Waals surface area contributed by atoms with Crippen LogP contribution in [0.3, 0.4) is 0 Å². The standard InChI is InChI=1S/C20H24ClNOS/c1-3-10-22-14(2)20-18(9-12-24-20)17(8-5-11-23)19(22)15-6-4-7-16(21)13-15/h4,6-9,12-14,19,23H,3,5,10-11H2,1-2H3/b17-8+/t14-,19-/m1/s1. The summed E-state index contributed by atoms with van der Waals surface area (Å²) in [6.07, 6.45) is 3.98. The van der Waals surface area contributed by atoms with Gasteiger partial charge in [-0.15, -0.1) is 11.3 Å². The minimum Gasteiger partial charge on any atom is -0.396 e. The fraction of sp³-hybridized carbons (Fsp3) is 0.400. The Morgan fingerprint density at radius 2 is 2.17 bits per heavy atom. The molecule has 1 aliphatic heterocycles. The number of fused-ring (bicyclic) bond motifs is 1. The largest absolute Gasteiger partial charge is 0.396 e. The zero-order valence-corrected chi connectivity index (χ0v) is 15.8. The van der Waals surface area contributed by atoms with Crippen LogP contribution in [-0.4, -0.2) is 23.2 Å². The second-order valence-electron chi connectivity index (χ2n) is 6.24. The van der Waals surface area contributed by atoms with Crippen LogP contribution in [0.4, 0.5) is 0 Å². The predicted octanol–water partition coefficient (Wildman–Crippen LogP) is 5.70. The number of rotatable bonds is 5. The van der Waals surface area contributed by atoms with Crippen LogP contribution in [0.5, 0.6) is 0 Å². The summed E-state index contributed by atoms with van der Waals surface area (Å²) in [5.41, 5.74) is 3.86. The molecule has 1 aromatic carbocycles. The maximum absolute atomic E-state index is 9.34. The number of benzene rings is 1. The quantitative estimate of drug-likeness (QED) is 0.738. The fourth-order valence-electron chi connectivity index (χ4n) is 3.65. The summed E-state index contributed by atoms with van der Waals surface area (Å²) in [7, 11) is 0. The van der Waals surface area contributed by atoms with E-state index in [1.165, 1.54) is 21.6 Å². The molecular weight excluding hydrogens is 338 g/mol. The van der Waals surface area contributed by atoms with Crippen molar-refractivity contribution in [3.63, 3.8) is 0 Å². The third kappa shape index (κ3) is 3.31. The van der Waals surface area contributed by atoms with Gasteiger partial charge < -0.3 is 5.11 Å². The highest BCUT2D eigenvalue weighted by molar-refractivity contribution is 7.10. The van der Waals surface area contributed by atoms with Crippen molar-refractivity contribution in [1.29, 1.82) is 0 Å². The van der Waals surface area contributed by atoms with Crippen LogP contribution in [0.25, 0.3) is 5.57 Å². The van der Waals surface area contributed by atoms with Gasteiger partial charge in [0.2, 0.25) is 0 Å². The molecule has 0 unspecified atom stereocenters. The minimum atomic E-state index is 0.175. The van der Waals surface area contributed by atoms with Crippen molar-refractivity contribution in [2.45, 2.75) is 38.8 Å². The first kappa shape index (κ1) is 17.7. The molecule has 1 aliphatic rings. The van der Waals surface area contributed by atoms with E-state index < -0.39 is 0 Å². The van der Waals surface area contributed by atoms with Gasteiger partial charge in [0.1, 0.15) is 0 Å². The van der Waals surface area contributed by atoms with Gasteiger partial charge in [-0.3, -0.25) is 4.90 Å². The summed E-state index contributed by atoms with van der Waals surface area (Å²) < 4.78 is 0. The molecule has 0 bridgehead atoms. The molecule has 4 heteroatoms. The van der Waals surface area contributed by atoms with E-state index in [9.17, 15) is 5.11 Å². The SMILES string of the molecule is CCCN1[C@H](C)c2sccc2/C(=C\CCO)[C@H]1c1cccc(Cl)c1. The normalized spacial score (nSPS) is 22.8. The lowest BCUT2D eigenvalue weighted by Crippen LogP contribution is -2.36. The molecule has 2 heterocycles. The highest BCUT2D eigenvalue weighted by Gasteiger charge is 2.36. The molecule has 2 atom stereocenters. The lowest BCUT2D eigenvalue weighted by molar-refractivity contribution is 0.172. The maximum atomic E-state index is 9.34. The molecule has 1 aromatic heterocycles. The number of nitrogens with zero attached hydrogens (tertiary/aromatic N) is 1. The summed E-state index contributed by atoms with van der Waals surface area (Å²) in [6.45, 7) is 5.73. The van der Waals surface area contributed by atoms with Crippen LogP contribution in [0.15, 0.2) is 41.8 Å². The smallest absolute Gasteiger partial charge is 0.0610 e. The molecule has 0 fully saturated rings. The molecule has 0 aliphatic carbocycles. The van der Waals surface area contributed by atoms with Gasteiger partial charge in [-0.05, 0) is 66.6 Å². The van der Waals surface area contributed by atoms with E-state index in [0.29, 0.717) is 12.5 Å². The third-order valence-electron chi connectivity index (χ3n) is 4.65. The zero-order chi connectivity index (χ0) is 17.1. The fourth-order valence-corrected chi connectivity index (χ4v) is 4.85. The average molecular weight is 362 g/mol. The second kappa shape index (κ2) is 7.83. The molecule has 24 heavy (non-hydrogen) atoms. The molecule has 2 nitrogen and oxygen atoms in total. The number of aliphatic hydroxyl groups excluding tert-OH is 1. The Morgan fingerprint density at radius 1 is 1.33 bits per heavy atom. The van der Waals surface area contributed by atoms with Crippen molar-refractivity contribution in [2.75, 3.05) is 13.2 Å². The van der Waals surface area contributed by atoms with E-state index in [1.807, 2.05) is 23.5 Å². The van der Waals surface area contributed by atoms with Crippen LogP contribution in [0, 0.1) is 0 Å². The molecule has 0 spiro atoms. The Kier molecular flexibility index (Phi) is 5.77. The first-order valence-corrected chi connectivity index (χ1v) is 9.83. The van der Waals surface area contributed by atoms with E-state index in [4.69, 9.17) is 11.6 Å².